The second-order valence-electron chi connectivity index (χ2n) is 5.51. The summed E-state index contributed by atoms with van der Waals surface area (Å²) >= 11 is 6.24. The number of rotatable bonds is 3. The first-order chi connectivity index (χ1) is 7.77. The fourth-order valence-electron chi connectivity index (χ4n) is 1.61. The second kappa shape index (κ2) is 5.23. The van der Waals surface area contributed by atoms with Crippen molar-refractivity contribution in [2.75, 3.05) is 11.9 Å². The molecule has 0 saturated heterocycles. The van der Waals surface area contributed by atoms with E-state index < -0.39 is 0 Å². The predicted octanol–water partition coefficient (Wildman–Crippen LogP) is 3.06. The van der Waals surface area contributed by atoms with Gasteiger partial charge < -0.3 is 10.6 Å². The molecule has 0 radical (unpaired) electrons. The monoisotopic (exact) mass is 255 g/mol. The van der Waals surface area contributed by atoms with Gasteiger partial charge in [0, 0.05) is 25.8 Å². The van der Waals surface area contributed by atoms with E-state index >= 15 is 0 Å². The summed E-state index contributed by atoms with van der Waals surface area (Å²) in [6, 6.07) is 2.23. The quantitative estimate of drug-likeness (QED) is 0.903. The molecule has 0 spiro atoms. The van der Waals surface area contributed by atoms with Crippen molar-refractivity contribution in [1.82, 2.24) is 4.98 Å². The SMILES string of the molecule is CC(N(C)c1ncc(CN)cc1Cl)C(C)(C)C. The van der Waals surface area contributed by atoms with Crippen LogP contribution in [0, 0.1) is 5.41 Å². The Bertz CT molecular complexity index is 385. The van der Waals surface area contributed by atoms with E-state index in [1.165, 1.54) is 0 Å². The number of pyridine rings is 1. The minimum absolute atomic E-state index is 0.173. The minimum atomic E-state index is 0.173. The van der Waals surface area contributed by atoms with Crippen LogP contribution in [-0.4, -0.2) is 18.1 Å². The lowest BCUT2D eigenvalue weighted by Gasteiger charge is -2.36. The molecule has 96 valence electrons. The first kappa shape index (κ1) is 14.3. The highest BCUT2D eigenvalue weighted by Crippen LogP contribution is 2.30. The van der Waals surface area contributed by atoms with E-state index in [4.69, 9.17) is 17.3 Å². The third-order valence-electron chi connectivity index (χ3n) is 3.28. The maximum absolute atomic E-state index is 6.24. The average molecular weight is 256 g/mol. The molecule has 0 aromatic carbocycles. The molecule has 3 nitrogen and oxygen atoms in total. The predicted molar refractivity (Wildman–Crippen MR) is 74.5 cm³/mol. The van der Waals surface area contributed by atoms with Crippen molar-refractivity contribution >= 4 is 17.4 Å². The highest BCUT2D eigenvalue weighted by atomic mass is 35.5. The lowest BCUT2D eigenvalue weighted by molar-refractivity contribution is 0.328. The highest BCUT2D eigenvalue weighted by Gasteiger charge is 2.25. The zero-order chi connectivity index (χ0) is 13.2. The van der Waals surface area contributed by atoms with Crippen molar-refractivity contribution < 1.29 is 0 Å². The van der Waals surface area contributed by atoms with Gasteiger partial charge in [-0.15, -0.1) is 0 Å². The summed E-state index contributed by atoms with van der Waals surface area (Å²) in [5, 5.41) is 0.659. The smallest absolute Gasteiger partial charge is 0.147 e. The standard InChI is InChI=1S/C13H22ClN3/c1-9(13(2,3)4)17(5)12-11(14)6-10(7-15)8-16-12/h6,8-9H,7,15H2,1-5H3. The van der Waals surface area contributed by atoms with Gasteiger partial charge in [-0.25, -0.2) is 4.98 Å². The van der Waals surface area contributed by atoms with Gasteiger partial charge in [0.15, 0.2) is 0 Å². The van der Waals surface area contributed by atoms with Crippen LogP contribution in [0.4, 0.5) is 5.82 Å². The molecular formula is C13H22ClN3. The minimum Gasteiger partial charge on any atom is -0.355 e. The first-order valence-electron chi connectivity index (χ1n) is 5.84. The Morgan fingerprint density at radius 3 is 2.47 bits per heavy atom. The molecule has 1 aromatic rings. The fourth-order valence-corrected chi connectivity index (χ4v) is 1.93. The summed E-state index contributed by atoms with van der Waals surface area (Å²) in [6.07, 6.45) is 1.78. The molecule has 17 heavy (non-hydrogen) atoms. The van der Waals surface area contributed by atoms with Crippen LogP contribution >= 0.6 is 11.6 Å². The molecule has 0 bridgehead atoms. The van der Waals surface area contributed by atoms with Gasteiger partial charge in [-0.05, 0) is 24.0 Å². The number of nitrogens with zero attached hydrogens (tertiary/aromatic N) is 2. The third kappa shape index (κ3) is 3.33. The van der Waals surface area contributed by atoms with Crippen LogP contribution in [0.25, 0.3) is 0 Å². The Hall–Kier alpha value is -0.800. The highest BCUT2D eigenvalue weighted by molar-refractivity contribution is 6.33. The summed E-state index contributed by atoms with van der Waals surface area (Å²) in [6.45, 7) is 9.25. The first-order valence-corrected chi connectivity index (χ1v) is 6.22. The van der Waals surface area contributed by atoms with Gasteiger partial charge in [-0.1, -0.05) is 32.4 Å². The number of anilines is 1. The Morgan fingerprint density at radius 1 is 1.47 bits per heavy atom. The van der Waals surface area contributed by atoms with Crippen molar-refractivity contribution in [2.45, 2.75) is 40.3 Å². The van der Waals surface area contributed by atoms with Gasteiger partial charge in [0.1, 0.15) is 5.82 Å². The van der Waals surface area contributed by atoms with E-state index in [1.807, 2.05) is 13.1 Å². The molecule has 2 N–H and O–H groups in total. The average Bonchev–Trinajstić information content (AvgIpc) is 2.25. The van der Waals surface area contributed by atoms with E-state index in [9.17, 15) is 0 Å². The zero-order valence-electron chi connectivity index (χ0n) is 11.3. The molecule has 1 rings (SSSR count). The molecule has 0 aliphatic rings. The van der Waals surface area contributed by atoms with Gasteiger partial charge >= 0.3 is 0 Å². The Balaban J connectivity index is 3.01. The van der Waals surface area contributed by atoms with Crippen molar-refractivity contribution in [3.05, 3.63) is 22.8 Å². The van der Waals surface area contributed by atoms with Crippen molar-refractivity contribution in [1.29, 1.82) is 0 Å². The summed E-state index contributed by atoms with van der Waals surface area (Å²) in [7, 11) is 2.02. The second-order valence-corrected chi connectivity index (χ2v) is 5.91. The molecule has 0 aliphatic heterocycles. The fraction of sp³-hybridized carbons (Fsp3) is 0.615. The van der Waals surface area contributed by atoms with Crippen molar-refractivity contribution in [2.24, 2.45) is 11.1 Å². The largest absolute Gasteiger partial charge is 0.355 e. The van der Waals surface area contributed by atoms with Crippen LogP contribution in [0.2, 0.25) is 5.02 Å². The summed E-state index contributed by atoms with van der Waals surface area (Å²) < 4.78 is 0. The van der Waals surface area contributed by atoms with E-state index in [2.05, 4.69) is 37.6 Å². The molecular weight excluding hydrogens is 234 g/mol. The number of hydrogen-bond donors (Lipinski definition) is 1. The van der Waals surface area contributed by atoms with E-state index in [0.29, 0.717) is 17.6 Å². The maximum atomic E-state index is 6.24. The van der Waals surface area contributed by atoms with Crippen LogP contribution in [0.5, 0.6) is 0 Å². The summed E-state index contributed by atoms with van der Waals surface area (Å²) in [5.41, 5.74) is 6.69. The van der Waals surface area contributed by atoms with Crippen molar-refractivity contribution in [3.8, 4) is 0 Å². The van der Waals surface area contributed by atoms with Gasteiger partial charge in [0.05, 0.1) is 5.02 Å². The van der Waals surface area contributed by atoms with E-state index in [1.54, 1.807) is 6.20 Å². The maximum Gasteiger partial charge on any atom is 0.147 e. The van der Waals surface area contributed by atoms with E-state index in [0.717, 1.165) is 11.4 Å². The number of halogens is 1. The van der Waals surface area contributed by atoms with Gasteiger partial charge in [-0.3, -0.25) is 0 Å². The lowest BCUT2D eigenvalue weighted by atomic mass is 9.87. The molecule has 0 saturated carbocycles. The molecule has 0 fully saturated rings. The van der Waals surface area contributed by atoms with Crippen LogP contribution in [0.15, 0.2) is 12.3 Å². The van der Waals surface area contributed by atoms with Crippen LogP contribution < -0.4 is 10.6 Å². The molecule has 0 amide bonds. The lowest BCUT2D eigenvalue weighted by Crippen LogP contribution is -2.40. The summed E-state index contributed by atoms with van der Waals surface area (Å²) in [4.78, 5) is 6.51. The zero-order valence-corrected chi connectivity index (χ0v) is 12.0. The van der Waals surface area contributed by atoms with Crippen LogP contribution in [0.1, 0.15) is 33.3 Å². The molecule has 4 heteroatoms. The number of aromatic nitrogens is 1. The van der Waals surface area contributed by atoms with Crippen LogP contribution in [-0.2, 0) is 6.54 Å². The molecule has 1 atom stereocenters. The van der Waals surface area contributed by atoms with E-state index in [-0.39, 0.29) is 5.41 Å². The number of hydrogen-bond acceptors (Lipinski definition) is 3. The molecule has 1 aromatic heterocycles. The third-order valence-corrected chi connectivity index (χ3v) is 3.56. The molecule has 0 aliphatic carbocycles. The molecule has 1 heterocycles. The van der Waals surface area contributed by atoms with Gasteiger partial charge in [0.2, 0.25) is 0 Å². The topological polar surface area (TPSA) is 42.2 Å². The Labute approximate surface area is 109 Å². The van der Waals surface area contributed by atoms with Gasteiger partial charge in [0.25, 0.3) is 0 Å². The summed E-state index contributed by atoms with van der Waals surface area (Å²) in [5.74, 6) is 0.811. The van der Waals surface area contributed by atoms with Crippen LogP contribution in [0.3, 0.4) is 0 Å². The van der Waals surface area contributed by atoms with Gasteiger partial charge in [-0.2, -0.15) is 0 Å². The van der Waals surface area contributed by atoms with Crippen molar-refractivity contribution in [3.63, 3.8) is 0 Å². The Morgan fingerprint density at radius 2 is 2.06 bits per heavy atom. The normalized spacial score (nSPS) is 13.6. The number of nitrogens with two attached hydrogens (primary N) is 1. The molecule has 1 unspecified atom stereocenters. The Kier molecular flexibility index (Phi) is 4.39.